The lowest BCUT2D eigenvalue weighted by Crippen LogP contribution is -2.32. The Balaban J connectivity index is 1.19. The number of urea groups is 1. The van der Waals surface area contributed by atoms with Gasteiger partial charge < -0.3 is 25.6 Å². The predicted octanol–water partition coefficient (Wildman–Crippen LogP) is 6.64. The van der Waals surface area contributed by atoms with Gasteiger partial charge in [0.1, 0.15) is 23.7 Å². The van der Waals surface area contributed by atoms with Crippen molar-refractivity contribution in [2.24, 2.45) is 5.92 Å². The molecule has 2 amide bonds. The summed E-state index contributed by atoms with van der Waals surface area (Å²) in [5, 5.41) is 9.38. The van der Waals surface area contributed by atoms with Crippen LogP contribution in [-0.4, -0.2) is 47.6 Å². The van der Waals surface area contributed by atoms with Gasteiger partial charge in [0.25, 0.3) is 0 Å². The summed E-state index contributed by atoms with van der Waals surface area (Å²) in [6.07, 6.45) is 3.83. The van der Waals surface area contributed by atoms with Gasteiger partial charge >= 0.3 is 6.03 Å². The Morgan fingerprint density at radius 2 is 1.79 bits per heavy atom. The molecule has 1 aliphatic heterocycles. The van der Waals surface area contributed by atoms with Crippen molar-refractivity contribution < 1.29 is 13.9 Å². The normalized spacial score (nSPS) is 14.3. The Labute approximate surface area is 228 Å². The van der Waals surface area contributed by atoms with E-state index in [4.69, 9.17) is 4.74 Å². The van der Waals surface area contributed by atoms with Gasteiger partial charge in [-0.3, -0.25) is 0 Å². The average Bonchev–Trinajstić information content (AvgIpc) is 2.91. The highest BCUT2D eigenvalue weighted by molar-refractivity contribution is 9.10. The number of carbonyl (C=O) groups is 1. The molecular weight excluding hydrogens is 551 g/mol. The molecule has 10 heteroatoms. The molecule has 0 spiro atoms. The number of nitrogens with one attached hydrogen (secondary N) is 3. The second-order valence-corrected chi connectivity index (χ2v) is 10.3. The van der Waals surface area contributed by atoms with Crippen molar-refractivity contribution in [3.63, 3.8) is 0 Å². The summed E-state index contributed by atoms with van der Waals surface area (Å²) in [4.78, 5) is 23.5. The minimum Gasteiger partial charge on any atom is -0.493 e. The molecular formula is C28H28BrFN6O2. The number of piperidine rings is 1. The van der Waals surface area contributed by atoms with E-state index in [2.05, 4.69) is 53.8 Å². The third-order valence-electron chi connectivity index (χ3n) is 6.52. The minimum atomic E-state index is -0.539. The number of benzene rings is 3. The number of amides is 2. The summed E-state index contributed by atoms with van der Waals surface area (Å²) in [7, 11) is 2.16. The summed E-state index contributed by atoms with van der Waals surface area (Å²) in [6.45, 7) is 2.94. The SMILES string of the molecule is CN1CCC(COc2ccc3c(Nc4ccc(NC(=O)Nc5ccc(Br)cc5F)cc4)ncnc3c2)CC1. The fourth-order valence-corrected chi connectivity index (χ4v) is 4.65. The summed E-state index contributed by atoms with van der Waals surface area (Å²) in [5.41, 5.74) is 2.23. The van der Waals surface area contributed by atoms with Crippen LogP contribution in [0.15, 0.2) is 71.5 Å². The molecule has 0 atom stereocenters. The van der Waals surface area contributed by atoms with Crippen LogP contribution in [0.5, 0.6) is 5.75 Å². The van der Waals surface area contributed by atoms with Crippen molar-refractivity contribution >= 4 is 55.7 Å². The first-order valence-electron chi connectivity index (χ1n) is 12.4. The number of halogens is 2. The number of ether oxygens (including phenoxy) is 1. The zero-order chi connectivity index (χ0) is 26.5. The molecule has 1 fully saturated rings. The van der Waals surface area contributed by atoms with Crippen LogP contribution in [-0.2, 0) is 0 Å². The third kappa shape index (κ3) is 6.56. The van der Waals surface area contributed by atoms with Gasteiger partial charge in [-0.2, -0.15) is 0 Å². The Morgan fingerprint density at radius 1 is 1.03 bits per heavy atom. The smallest absolute Gasteiger partial charge is 0.323 e. The van der Waals surface area contributed by atoms with Gasteiger partial charge in [-0.25, -0.2) is 19.2 Å². The lowest BCUT2D eigenvalue weighted by Gasteiger charge is -2.28. The Morgan fingerprint density at radius 3 is 2.55 bits per heavy atom. The van der Waals surface area contributed by atoms with E-state index in [1.54, 1.807) is 18.2 Å². The number of likely N-dealkylation sites (tertiary alicyclic amines) is 1. The van der Waals surface area contributed by atoms with Crippen LogP contribution in [0.2, 0.25) is 0 Å². The van der Waals surface area contributed by atoms with Crippen LogP contribution in [0.4, 0.5) is 32.1 Å². The van der Waals surface area contributed by atoms with Gasteiger partial charge in [0.15, 0.2) is 0 Å². The van der Waals surface area contributed by atoms with Crippen LogP contribution in [0.25, 0.3) is 10.9 Å². The maximum Gasteiger partial charge on any atom is 0.323 e. The first-order valence-corrected chi connectivity index (χ1v) is 13.2. The largest absolute Gasteiger partial charge is 0.493 e. The van der Waals surface area contributed by atoms with Gasteiger partial charge in [0.05, 0.1) is 17.8 Å². The summed E-state index contributed by atoms with van der Waals surface area (Å²) < 4.78 is 20.6. The first kappa shape index (κ1) is 25.9. The number of rotatable bonds is 7. The highest BCUT2D eigenvalue weighted by Gasteiger charge is 2.17. The van der Waals surface area contributed by atoms with E-state index in [-0.39, 0.29) is 5.69 Å². The van der Waals surface area contributed by atoms with Crippen LogP contribution < -0.4 is 20.7 Å². The Kier molecular flexibility index (Phi) is 8.00. The molecule has 1 saturated heterocycles. The van der Waals surface area contributed by atoms with E-state index in [0.717, 1.165) is 48.3 Å². The van der Waals surface area contributed by atoms with E-state index < -0.39 is 11.8 Å². The molecule has 0 bridgehead atoms. The molecule has 1 aromatic heterocycles. The molecule has 5 rings (SSSR count). The fraction of sp³-hybridized carbons (Fsp3) is 0.250. The summed E-state index contributed by atoms with van der Waals surface area (Å²) in [5.74, 6) is 1.52. The number of hydrogen-bond acceptors (Lipinski definition) is 6. The van der Waals surface area contributed by atoms with Crippen molar-refractivity contribution in [1.29, 1.82) is 0 Å². The third-order valence-corrected chi connectivity index (χ3v) is 7.01. The molecule has 196 valence electrons. The monoisotopic (exact) mass is 578 g/mol. The number of fused-ring (bicyclic) bond motifs is 1. The van der Waals surface area contributed by atoms with E-state index in [1.165, 1.54) is 18.5 Å². The topological polar surface area (TPSA) is 91.4 Å². The second-order valence-electron chi connectivity index (χ2n) is 9.36. The molecule has 2 heterocycles. The molecule has 0 saturated carbocycles. The molecule has 1 aliphatic rings. The van der Waals surface area contributed by atoms with Crippen molar-refractivity contribution in [2.45, 2.75) is 12.8 Å². The highest BCUT2D eigenvalue weighted by Crippen LogP contribution is 2.28. The van der Waals surface area contributed by atoms with E-state index >= 15 is 0 Å². The maximum absolute atomic E-state index is 14.0. The molecule has 38 heavy (non-hydrogen) atoms. The molecule has 0 unspecified atom stereocenters. The van der Waals surface area contributed by atoms with Crippen molar-refractivity contribution in [1.82, 2.24) is 14.9 Å². The van der Waals surface area contributed by atoms with Gasteiger partial charge in [0, 0.05) is 27.3 Å². The molecule has 3 N–H and O–H groups in total. The lowest BCUT2D eigenvalue weighted by atomic mass is 9.98. The van der Waals surface area contributed by atoms with Gasteiger partial charge in [-0.1, -0.05) is 15.9 Å². The molecule has 0 aliphatic carbocycles. The van der Waals surface area contributed by atoms with Crippen molar-refractivity contribution in [3.8, 4) is 5.75 Å². The number of anilines is 4. The van der Waals surface area contributed by atoms with E-state index in [9.17, 15) is 9.18 Å². The van der Waals surface area contributed by atoms with Crippen molar-refractivity contribution in [3.05, 3.63) is 77.3 Å². The van der Waals surface area contributed by atoms with Crippen LogP contribution in [0.1, 0.15) is 12.8 Å². The number of nitrogens with zero attached hydrogens (tertiary/aromatic N) is 3. The van der Waals surface area contributed by atoms with Crippen molar-refractivity contribution in [2.75, 3.05) is 42.7 Å². The molecule has 8 nitrogen and oxygen atoms in total. The molecule has 0 radical (unpaired) electrons. The number of carbonyl (C=O) groups excluding carboxylic acids is 1. The fourth-order valence-electron chi connectivity index (χ4n) is 4.32. The van der Waals surface area contributed by atoms with E-state index in [1.807, 2.05) is 30.3 Å². The van der Waals surface area contributed by atoms with Gasteiger partial charge in [0.2, 0.25) is 0 Å². The number of hydrogen-bond donors (Lipinski definition) is 3. The van der Waals surface area contributed by atoms with Gasteiger partial charge in [-0.15, -0.1) is 0 Å². The Hall–Kier alpha value is -3.76. The maximum atomic E-state index is 14.0. The zero-order valence-electron chi connectivity index (χ0n) is 20.9. The molecule has 3 aromatic carbocycles. The van der Waals surface area contributed by atoms with Crippen LogP contribution in [0, 0.1) is 11.7 Å². The quantitative estimate of drug-likeness (QED) is 0.228. The molecule has 4 aromatic rings. The Bertz CT molecular complexity index is 1430. The van der Waals surface area contributed by atoms with E-state index in [0.29, 0.717) is 28.5 Å². The van der Waals surface area contributed by atoms with Crippen LogP contribution in [0.3, 0.4) is 0 Å². The average molecular weight is 579 g/mol. The van der Waals surface area contributed by atoms with Crippen LogP contribution >= 0.6 is 15.9 Å². The zero-order valence-corrected chi connectivity index (χ0v) is 22.5. The lowest BCUT2D eigenvalue weighted by molar-refractivity contribution is 0.160. The van der Waals surface area contributed by atoms with Gasteiger partial charge in [-0.05, 0) is 93.5 Å². The standard InChI is InChI=1S/C28H28BrFN6O2/c1-36-12-10-18(11-13-36)16-38-22-7-8-23-26(15-22)31-17-32-27(23)33-20-3-5-21(6-4-20)34-28(37)35-25-9-2-19(29)14-24(25)30/h2-9,14-15,17-18H,10-13,16H2,1H3,(H,31,32,33)(H2,34,35,37). The number of aromatic nitrogens is 2. The summed E-state index contributed by atoms with van der Waals surface area (Å²) >= 11 is 3.20. The highest BCUT2D eigenvalue weighted by atomic mass is 79.9. The second kappa shape index (κ2) is 11.7. The first-order chi connectivity index (χ1) is 18.4. The minimum absolute atomic E-state index is 0.0926. The predicted molar refractivity (Wildman–Crippen MR) is 152 cm³/mol. The summed E-state index contributed by atoms with van der Waals surface area (Å²) in [6, 6.07) is 16.9.